The summed E-state index contributed by atoms with van der Waals surface area (Å²) in [5, 5.41) is 66.0. The maximum atomic E-state index is 13.9. The molecule has 13 atom stereocenters. The lowest BCUT2D eigenvalue weighted by Gasteiger charge is -2.47. The third kappa shape index (κ3) is 14.6. The van der Waals surface area contributed by atoms with Gasteiger partial charge in [0.05, 0.1) is 40.9 Å². The van der Waals surface area contributed by atoms with Crippen LogP contribution in [0.5, 0.6) is 11.5 Å². The smallest absolute Gasteiger partial charge is 0.342 e. The number of aromatic hydroxyl groups is 2. The summed E-state index contributed by atoms with van der Waals surface area (Å²) >= 11 is 9.29. The first-order chi connectivity index (χ1) is 33.7. The average Bonchev–Trinajstić information content (AvgIpc) is 3.32. The summed E-state index contributed by atoms with van der Waals surface area (Å²) in [6.45, 7) is 17.8. The van der Waals surface area contributed by atoms with E-state index in [1.165, 1.54) is 33.1 Å². The Morgan fingerprint density at radius 3 is 2.21 bits per heavy atom. The first kappa shape index (κ1) is 60.6. The van der Waals surface area contributed by atoms with E-state index in [1.54, 1.807) is 60.6 Å². The number of ketones is 1. The van der Waals surface area contributed by atoms with Gasteiger partial charge < -0.3 is 68.5 Å². The fraction of sp³-hybridized carbons (Fsp3) is 0.615. The van der Waals surface area contributed by atoms with E-state index in [0.717, 1.165) is 0 Å². The molecule has 2 fully saturated rings. The third-order valence-electron chi connectivity index (χ3n) is 12.9. The Hall–Kier alpha value is -3.99. The van der Waals surface area contributed by atoms with Crippen molar-refractivity contribution in [3.05, 3.63) is 79.4 Å². The van der Waals surface area contributed by atoms with Gasteiger partial charge in [-0.25, -0.2) is 9.59 Å². The van der Waals surface area contributed by atoms with Gasteiger partial charge in [0.1, 0.15) is 40.6 Å². The molecule has 18 nitrogen and oxygen atoms in total. The highest BCUT2D eigenvalue weighted by atomic mass is 79.9. The second kappa shape index (κ2) is 26.5. The van der Waals surface area contributed by atoms with Gasteiger partial charge in [-0.15, -0.1) is 0 Å². The molecule has 20 heteroatoms. The van der Waals surface area contributed by atoms with Crippen LogP contribution in [0.3, 0.4) is 0 Å². The zero-order valence-electron chi connectivity index (χ0n) is 42.9. The Morgan fingerprint density at radius 1 is 0.944 bits per heavy atom. The van der Waals surface area contributed by atoms with E-state index in [9.17, 15) is 49.8 Å². The number of esters is 3. The number of hydrogen-bond acceptors (Lipinski definition) is 18. The van der Waals surface area contributed by atoms with E-state index in [0.29, 0.717) is 23.1 Å². The highest BCUT2D eigenvalue weighted by Crippen LogP contribution is 2.45. The van der Waals surface area contributed by atoms with Crippen LogP contribution in [0.4, 0.5) is 0 Å². The van der Waals surface area contributed by atoms with Crippen molar-refractivity contribution in [2.75, 3.05) is 13.7 Å². The number of Topliss-reactive ketones (excluding diaryl/α,β-unsaturated/α-hetero) is 1. The molecule has 4 rings (SSSR count). The number of ether oxygens (including phenoxy) is 8. The van der Waals surface area contributed by atoms with Gasteiger partial charge in [-0.2, -0.15) is 0 Å². The van der Waals surface area contributed by atoms with Crippen molar-refractivity contribution >= 4 is 51.2 Å². The Kier molecular flexibility index (Phi) is 22.3. The van der Waals surface area contributed by atoms with Crippen LogP contribution in [-0.4, -0.2) is 147 Å². The van der Waals surface area contributed by atoms with Crippen molar-refractivity contribution in [1.82, 2.24) is 0 Å². The molecule has 6 unspecified atom stereocenters. The van der Waals surface area contributed by atoms with Crippen molar-refractivity contribution in [2.45, 2.75) is 181 Å². The number of carbonyl (C=O) groups is 4. The molecule has 0 aromatic heterocycles. The molecule has 2 saturated heterocycles. The van der Waals surface area contributed by atoms with Gasteiger partial charge in [0.2, 0.25) is 0 Å². The predicted molar refractivity (Wildman–Crippen MR) is 267 cm³/mol. The first-order valence-electron chi connectivity index (χ1n) is 24.0. The van der Waals surface area contributed by atoms with Crippen molar-refractivity contribution in [1.29, 1.82) is 0 Å². The molecule has 0 bridgehead atoms. The lowest BCUT2D eigenvalue weighted by molar-refractivity contribution is -0.333. The molecule has 1 aromatic rings. The van der Waals surface area contributed by atoms with E-state index in [2.05, 4.69) is 15.9 Å². The number of phenolic OH excluding ortho intramolecular Hbond substituents is 2. The van der Waals surface area contributed by atoms with Gasteiger partial charge in [-0.3, -0.25) is 9.59 Å². The average molecular weight is 1100 g/mol. The van der Waals surface area contributed by atoms with Crippen LogP contribution in [0.2, 0.25) is 5.02 Å². The normalized spacial score (nSPS) is 34.3. The number of methoxy groups -OCH3 is 1. The van der Waals surface area contributed by atoms with Crippen LogP contribution >= 0.6 is 27.5 Å². The Morgan fingerprint density at radius 2 is 1.61 bits per heavy atom. The molecule has 1 aromatic carbocycles. The Bertz CT molecular complexity index is 2270. The number of halogens is 2. The number of allylic oxidation sites excluding steroid dienone is 4. The molecule has 3 heterocycles. The van der Waals surface area contributed by atoms with Gasteiger partial charge in [0.15, 0.2) is 48.2 Å². The second-order valence-corrected chi connectivity index (χ2v) is 20.4. The zero-order chi connectivity index (χ0) is 54.1. The van der Waals surface area contributed by atoms with Gasteiger partial charge in [0, 0.05) is 19.4 Å². The molecule has 0 spiro atoms. The topological polar surface area (TPSA) is 263 Å². The lowest BCUT2D eigenvalue weighted by Crippen LogP contribution is -2.64. The minimum Gasteiger partial charge on any atom is -0.505 e. The van der Waals surface area contributed by atoms with Gasteiger partial charge >= 0.3 is 17.9 Å². The first-order valence-corrected chi connectivity index (χ1v) is 25.2. The van der Waals surface area contributed by atoms with Crippen LogP contribution in [0.15, 0.2) is 63.2 Å². The van der Waals surface area contributed by atoms with Gasteiger partial charge in [-0.05, 0) is 106 Å². The van der Waals surface area contributed by atoms with Crippen LogP contribution in [0, 0.1) is 11.8 Å². The van der Waals surface area contributed by atoms with Crippen LogP contribution in [-0.2, 0) is 58.7 Å². The summed E-state index contributed by atoms with van der Waals surface area (Å²) in [6, 6.07) is 0. The molecular weight excluding hydrogens is 1030 g/mol. The number of aliphatic hydroxyl groups is 4. The minimum atomic E-state index is -1.61. The predicted octanol–water partition coefficient (Wildman–Crippen LogP) is 6.55. The Balaban J connectivity index is 1.61. The van der Waals surface area contributed by atoms with E-state index in [-0.39, 0.29) is 40.4 Å². The number of hydrogen-bond donors (Lipinski definition) is 6. The standard InChI is InChI=1S/C52H72BrClO18/c1-13-30-22-26(6)33(56)18-16-15-17-31(23-66-51-45(65-12)42(61)44(29(9)67-51)69-49(64)35-32(14-2)36(53)39(58)37(54)38(35)57)48(63)68-34(28(8)55)20-19-25(5)21-27(7)43(30)70-50-41(60)40(59)46(52(10,11)72-50)71-47(62)24(3)4/h15-17,19,21-22,24,29-30,33-34,40-46,50-51,56-61H,13-14,18,20,23H2,1-12H3/b16-15+,25-19+,26-22+,27-21+,31-17+/t29-,30?,33?,34?,40+,41-,42+,43?,44-,45+,46-,50?,51?/m0/s1. The molecule has 0 amide bonds. The van der Waals surface area contributed by atoms with Crippen LogP contribution in [0.25, 0.3) is 0 Å². The van der Waals surface area contributed by atoms with Crippen LogP contribution < -0.4 is 0 Å². The summed E-state index contributed by atoms with van der Waals surface area (Å²) in [4.78, 5) is 53.0. The molecule has 3 aliphatic heterocycles. The van der Waals surface area contributed by atoms with E-state index >= 15 is 0 Å². The van der Waals surface area contributed by atoms with Gasteiger partial charge in [0.25, 0.3) is 0 Å². The van der Waals surface area contributed by atoms with Crippen molar-refractivity contribution < 1.29 is 87.7 Å². The highest BCUT2D eigenvalue weighted by Gasteiger charge is 2.53. The molecule has 0 radical (unpaired) electrons. The molecule has 0 aliphatic carbocycles. The molecular formula is C52H72BrClO18. The molecule has 3 aliphatic rings. The summed E-state index contributed by atoms with van der Waals surface area (Å²) in [6.07, 6.45) is -4.69. The number of phenols is 2. The number of benzene rings is 1. The maximum absolute atomic E-state index is 13.9. The molecule has 0 saturated carbocycles. The number of aliphatic hydroxyl groups excluding tert-OH is 4. The van der Waals surface area contributed by atoms with Crippen molar-refractivity contribution in [3.63, 3.8) is 0 Å². The summed E-state index contributed by atoms with van der Waals surface area (Å²) < 4.78 is 47.5. The maximum Gasteiger partial charge on any atom is 0.342 e. The largest absolute Gasteiger partial charge is 0.505 e. The quantitative estimate of drug-likeness (QED) is 0.0695. The second-order valence-electron chi connectivity index (χ2n) is 19.2. The number of rotatable bonds is 13. The number of cyclic esters (lactones) is 1. The lowest BCUT2D eigenvalue weighted by atomic mass is 9.88. The monoisotopic (exact) mass is 1100 g/mol. The SMILES string of the molecule is CCc1c(Br)c(O)c(Cl)c(O)c1C(=O)O[C@@H]1[C@@H](O)[C@@H](OC)C(OC/C2=C\C=C\CC(O)/C(C)=C/C(CC)C(OC3OC(C)(C)[C@@H](OC(=O)C(C)C)[C@H](O)[C@@H]3O)/C(C)=C/C(C)=C/CC(C(C)=O)OC2=O)O[C@H]1C. The van der Waals surface area contributed by atoms with Crippen molar-refractivity contribution in [2.24, 2.45) is 11.8 Å². The van der Waals surface area contributed by atoms with Crippen LogP contribution in [0.1, 0.15) is 111 Å². The summed E-state index contributed by atoms with van der Waals surface area (Å²) in [7, 11) is 1.26. The molecule has 6 N–H and O–H groups in total. The highest BCUT2D eigenvalue weighted by molar-refractivity contribution is 9.10. The molecule has 72 heavy (non-hydrogen) atoms. The van der Waals surface area contributed by atoms with Crippen molar-refractivity contribution in [3.8, 4) is 11.5 Å². The van der Waals surface area contributed by atoms with E-state index in [1.807, 2.05) is 26.0 Å². The molecule has 402 valence electrons. The fourth-order valence-electron chi connectivity index (χ4n) is 8.54. The van der Waals surface area contributed by atoms with E-state index in [4.69, 9.17) is 49.5 Å². The summed E-state index contributed by atoms with van der Waals surface area (Å²) in [5.41, 5.74) is 0.441. The van der Waals surface area contributed by atoms with Gasteiger partial charge in [-0.1, -0.05) is 75.2 Å². The zero-order valence-corrected chi connectivity index (χ0v) is 45.3. The Labute approximate surface area is 434 Å². The van der Waals surface area contributed by atoms with E-state index < -0.39 is 138 Å². The number of carbonyl (C=O) groups excluding carboxylic acids is 4. The summed E-state index contributed by atoms with van der Waals surface area (Å²) in [5.74, 6) is -5.07. The third-order valence-corrected chi connectivity index (χ3v) is 14.1. The minimum absolute atomic E-state index is 0.0258. The fourth-order valence-corrected chi connectivity index (χ4v) is 9.52.